The number of hydrogen-bond acceptors (Lipinski definition) is 2. The standard InChI is InChI=1S/C20H22N2O2/c1-14-8-9-15(2)18(11-14)21-20(24)17-6-3-5-16(12-17)13-22-10-4-7-19(22)23/h3,5-6,8-9,11-12H,4,7,10,13H2,1-2H3,(H,21,24). The fourth-order valence-electron chi connectivity index (χ4n) is 2.97. The number of carbonyl (C=O) groups excluding carboxylic acids is 2. The third kappa shape index (κ3) is 3.65. The van der Waals surface area contributed by atoms with Crippen LogP contribution in [-0.4, -0.2) is 23.3 Å². The average molecular weight is 322 g/mol. The molecule has 0 aliphatic carbocycles. The SMILES string of the molecule is Cc1ccc(C)c(NC(=O)c2cccc(CN3CCCC3=O)c2)c1. The number of anilines is 1. The van der Waals surface area contributed by atoms with Crippen LogP contribution in [0.4, 0.5) is 5.69 Å². The van der Waals surface area contributed by atoms with Crippen LogP contribution >= 0.6 is 0 Å². The first-order valence-corrected chi connectivity index (χ1v) is 8.28. The highest BCUT2D eigenvalue weighted by Gasteiger charge is 2.20. The molecule has 0 unspecified atom stereocenters. The van der Waals surface area contributed by atoms with E-state index in [1.54, 1.807) is 6.07 Å². The first-order chi connectivity index (χ1) is 11.5. The fourth-order valence-corrected chi connectivity index (χ4v) is 2.97. The number of amides is 2. The number of hydrogen-bond donors (Lipinski definition) is 1. The lowest BCUT2D eigenvalue weighted by atomic mass is 10.1. The summed E-state index contributed by atoms with van der Waals surface area (Å²) in [6.45, 7) is 5.36. The molecule has 0 aromatic heterocycles. The second kappa shape index (κ2) is 6.87. The number of rotatable bonds is 4. The van der Waals surface area contributed by atoms with Crippen molar-refractivity contribution >= 4 is 17.5 Å². The van der Waals surface area contributed by atoms with Crippen LogP contribution in [-0.2, 0) is 11.3 Å². The molecule has 0 saturated carbocycles. The number of nitrogens with zero attached hydrogens (tertiary/aromatic N) is 1. The minimum atomic E-state index is -0.127. The molecule has 2 aromatic rings. The van der Waals surface area contributed by atoms with Crippen molar-refractivity contribution in [1.82, 2.24) is 4.90 Å². The minimum Gasteiger partial charge on any atom is -0.338 e. The highest BCUT2D eigenvalue weighted by molar-refractivity contribution is 6.04. The van der Waals surface area contributed by atoms with Crippen LogP contribution in [0.1, 0.15) is 39.9 Å². The van der Waals surface area contributed by atoms with E-state index in [0.717, 1.165) is 35.3 Å². The number of nitrogens with one attached hydrogen (secondary N) is 1. The Morgan fingerprint density at radius 3 is 2.75 bits per heavy atom. The monoisotopic (exact) mass is 322 g/mol. The molecule has 4 heteroatoms. The van der Waals surface area contributed by atoms with Crippen LogP contribution in [0, 0.1) is 13.8 Å². The number of aryl methyl sites for hydroxylation is 2. The number of carbonyl (C=O) groups is 2. The molecule has 1 aliphatic rings. The Morgan fingerprint density at radius 1 is 1.17 bits per heavy atom. The smallest absolute Gasteiger partial charge is 0.255 e. The van der Waals surface area contributed by atoms with Gasteiger partial charge in [-0.25, -0.2) is 0 Å². The second-order valence-electron chi connectivity index (χ2n) is 6.39. The van der Waals surface area contributed by atoms with Crippen LogP contribution in [0.15, 0.2) is 42.5 Å². The summed E-state index contributed by atoms with van der Waals surface area (Å²) >= 11 is 0. The van der Waals surface area contributed by atoms with Crippen molar-refractivity contribution < 1.29 is 9.59 Å². The minimum absolute atomic E-state index is 0.127. The third-order valence-electron chi connectivity index (χ3n) is 4.38. The van der Waals surface area contributed by atoms with Gasteiger partial charge in [-0.2, -0.15) is 0 Å². The molecule has 0 atom stereocenters. The van der Waals surface area contributed by atoms with E-state index in [1.165, 1.54) is 0 Å². The lowest BCUT2D eigenvalue weighted by molar-refractivity contribution is -0.128. The zero-order chi connectivity index (χ0) is 17.1. The predicted octanol–water partition coefficient (Wildman–Crippen LogP) is 3.68. The molecule has 1 aliphatic heterocycles. The van der Waals surface area contributed by atoms with E-state index in [2.05, 4.69) is 5.32 Å². The molecule has 2 amide bonds. The first kappa shape index (κ1) is 16.2. The van der Waals surface area contributed by atoms with E-state index < -0.39 is 0 Å². The molecule has 1 saturated heterocycles. The van der Waals surface area contributed by atoms with Crippen molar-refractivity contribution in [1.29, 1.82) is 0 Å². The van der Waals surface area contributed by atoms with Gasteiger partial charge in [0.2, 0.25) is 5.91 Å². The lowest BCUT2D eigenvalue weighted by Gasteiger charge is -2.16. The molecular formula is C20H22N2O2. The molecule has 124 valence electrons. The van der Waals surface area contributed by atoms with Crippen molar-refractivity contribution in [3.05, 3.63) is 64.7 Å². The van der Waals surface area contributed by atoms with Crippen LogP contribution in [0.5, 0.6) is 0 Å². The van der Waals surface area contributed by atoms with E-state index >= 15 is 0 Å². The summed E-state index contributed by atoms with van der Waals surface area (Å²) in [5.41, 5.74) is 4.57. The summed E-state index contributed by atoms with van der Waals surface area (Å²) in [6.07, 6.45) is 1.55. The summed E-state index contributed by atoms with van der Waals surface area (Å²) < 4.78 is 0. The Hall–Kier alpha value is -2.62. The first-order valence-electron chi connectivity index (χ1n) is 8.28. The van der Waals surface area contributed by atoms with Gasteiger partial charge in [0, 0.05) is 30.8 Å². The zero-order valence-electron chi connectivity index (χ0n) is 14.1. The van der Waals surface area contributed by atoms with Gasteiger partial charge in [-0.1, -0.05) is 24.3 Å². The van der Waals surface area contributed by atoms with Gasteiger partial charge in [0.25, 0.3) is 5.91 Å². The Labute approximate surface area is 142 Å². The quantitative estimate of drug-likeness (QED) is 0.933. The molecule has 0 radical (unpaired) electrons. The van der Waals surface area contributed by atoms with Crippen molar-refractivity contribution in [3.63, 3.8) is 0 Å². The fraction of sp³-hybridized carbons (Fsp3) is 0.300. The highest BCUT2D eigenvalue weighted by Crippen LogP contribution is 2.19. The molecule has 4 nitrogen and oxygen atoms in total. The molecular weight excluding hydrogens is 300 g/mol. The van der Waals surface area contributed by atoms with Gasteiger partial charge in [0.1, 0.15) is 0 Å². The maximum atomic E-state index is 12.5. The van der Waals surface area contributed by atoms with Crippen LogP contribution in [0.25, 0.3) is 0 Å². The van der Waals surface area contributed by atoms with Crippen molar-refractivity contribution in [2.45, 2.75) is 33.2 Å². The topological polar surface area (TPSA) is 49.4 Å². The molecule has 1 heterocycles. The lowest BCUT2D eigenvalue weighted by Crippen LogP contribution is -2.24. The molecule has 1 N–H and O–H groups in total. The Kier molecular flexibility index (Phi) is 4.65. The van der Waals surface area contributed by atoms with E-state index in [9.17, 15) is 9.59 Å². The largest absolute Gasteiger partial charge is 0.338 e. The molecule has 0 spiro atoms. The Morgan fingerprint density at radius 2 is 2.00 bits per heavy atom. The van der Waals surface area contributed by atoms with Gasteiger partial charge >= 0.3 is 0 Å². The van der Waals surface area contributed by atoms with Crippen LogP contribution in [0.3, 0.4) is 0 Å². The summed E-state index contributed by atoms with van der Waals surface area (Å²) in [5, 5.41) is 2.98. The van der Waals surface area contributed by atoms with Crippen molar-refractivity contribution in [2.75, 3.05) is 11.9 Å². The average Bonchev–Trinajstić information content (AvgIpc) is 2.96. The summed E-state index contributed by atoms with van der Waals surface area (Å²) in [4.78, 5) is 26.1. The highest BCUT2D eigenvalue weighted by atomic mass is 16.2. The van der Waals surface area contributed by atoms with E-state index in [1.807, 2.05) is 55.1 Å². The van der Waals surface area contributed by atoms with Crippen LogP contribution in [0.2, 0.25) is 0 Å². The van der Waals surface area contributed by atoms with Gasteiger partial charge < -0.3 is 10.2 Å². The van der Waals surface area contributed by atoms with Gasteiger partial charge in [-0.3, -0.25) is 9.59 Å². The Balaban J connectivity index is 1.74. The molecule has 0 bridgehead atoms. The van der Waals surface area contributed by atoms with Gasteiger partial charge in [-0.15, -0.1) is 0 Å². The molecule has 2 aromatic carbocycles. The predicted molar refractivity (Wildman–Crippen MR) is 95.0 cm³/mol. The zero-order valence-corrected chi connectivity index (χ0v) is 14.1. The molecule has 24 heavy (non-hydrogen) atoms. The van der Waals surface area contributed by atoms with Gasteiger partial charge in [-0.05, 0) is 55.2 Å². The van der Waals surface area contributed by atoms with E-state index in [0.29, 0.717) is 18.5 Å². The van der Waals surface area contributed by atoms with E-state index in [4.69, 9.17) is 0 Å². The summed E-state index contributed by atoms with van der Waals surface area (Å²) in [7, 11) is 0. The van der Waals surface area contributed by atoms with Gasteiger partial charge in [0.15, 0.2) is 0 Å². The molecule has 3 rings (SSSR count). The second-order valence-corrected chi connectivity index (χ2v) is 6.39. The van der Waals surface area contributed by atoms with Crippen molar-refractivity contribution in [2.24, 2.45) is 0 Å². The van der Waals surface area contributed by atoms with Gasteiger partial charge in [0.05, 0.1) is 0 Å². The number of likely N-dealkylation sites (tertiary alicyclic amines) is 1. The Bertz CT molecular complexity index is 783. The third-order valence-corrected chi connectivity index (χ3v) is 4.38. The normalized spacial score (nSPS) is 14.1. The van der Waals surface area contributed by atoms with Crippen molar-refractivity contribution in [3.8, 4) is 0 Å². The molecule has 1 fully saturated rings. The maximum Gasteiger partial charge on any atom is 0.255 e. The number of benzene rings is 2. The summed E-state index contributed by atoms with van der Waals surface area (Å²) in [5.74, 6) is 0.0681. The summed E-state index contributed by atoms with van der Waals surface area (Å²) in [6, 6.07) is 13.5. The van der Waals surface area contributed by atoms with Crippen LogP contribution < -0.4 is 5.32 Å². The maximum absolute atomic E-state index is 12.5. The van der Waals surface area contributed by atoms with E-state index in [-0.39, 0.29) is 11.8 Å².